The summed E-state index contributed by atoms with van der Waals surface area (Å²) in [4.78, 5) is 4.71. The van der Waals surface area contributed by atoms with Gasteiger partial charge >= 0.3 is 0 Å². The predicted octanol–water partition coefficient (Wildman–Crippen LogP) is 5.01. The van der Waals surface area contributed by atoms with Gasteiger partial charge < -0.3 is 11.1 Å². The monoisotopic (exact) mass is 427 g/mol. The van der Waals surface area contributed by atoms with Crippen molar-refractivity contribution in [3.8, 4) is 11.3 Å². The Morgan fingerprint density at radius 2 is 1.88 bits per heavy atom. The van der Waals surface area contributed by atoms with Crippen LogP contribution in [0.2, 0.25) is 5.02 Å². The van der Waals surface area contributed by atoms with E-state index < -0.39 is 0 Å². The molecule has 0 radical (unpaired) electrons. The van der Waals surface area contributed by atoms with Crippen LogP contribution in [0.15, 0.2) is 65.3 Å². The summed E-state index contributed by atoms with van der Waals surface area (Å²) in [5, 5.41) is 8.47. The van der Waals surface area contributed by atoms with Gasteiger partial charge in [0.05, 0.1) is 16.4 Å². The topological polar surface area (TPSA) is 68.2 Å². The molecule has 0 spiro atoms. The van der Waals surface area contributed by atoms with E-state index in [-0.39, 0.29) is 0 Å². The van der Waals surface area contributed by atoms with Crippen molar-refractivity contribution in [2.75, 3.05) is 11.1 Å². The first kappa shape index (κ1) is 16.9. The molecule has 7 heteroatoms. The molecule has 0 unspecified atom stereocenters. The fraction of sp³-hybridized carbons (Fsp3) is 0.0526. The maximum absolute atomic E-state index is 6.36. The first-order valence-corrected chi connectivity index (χ1v) is 9.16. The molecule has 130 valence electrons. The Balaban J connectivity index is 1.75. The smallest absolute Gasteiger partial charge is 0.172 e. The number of anilines is 2. The third kappa shape index (κ3) is 3.25. The number of nitrogen functional groups attached to an aromatic ring is 1. The van der Waals surface area contributed by atoms with Crippen LogP contribution >= 0.6 is 27.5 Å². The molecule has 0 atom stereocenters. The van der Waals surface area contributed by atoms with Gasteiger partial charge in [-0.15, -0.1) is 0 Å². The van der Waals surface area contributed by atoms with Gasteiger partial charge in [0, 0.05) is 28.9 Å². The summed E-state index contributed by atoms with van der Waals surface area (Å²) in [5.74, 6) is 0.826. The number of hydrogen-bond acceptors (Lipinski definition) is 4. The van der Waals surface area contributed by atoms with Crippen molar-refractivity contribution in [2.24, 2.45) is 0 Å². The lowest BCUT2D eigenvalue weighted by Gasteiger charge is -2.12. The first-order valence-electron chi connectivity index (χ1n) is 7.99. The second-order valence-electron chi connectivity index (χ2n) is 5.83. The molecule has 0 aliphatic rings. The molecular formula is C19H15BrClN5. The van der Waals surface area contributed by atoms with E-state index >= 15 is 0 Å². The predicted molar refractivity (Wildman–Crippen MR) is 109 cm³/mol. The lowest BCUT2D eigenvalue weighted by atomic mass is 10.1. The zero-order valence-corrected chi connectivity index (χ0v) is 16.0. The van der Waals surface area contributed by atoms with Gasteiger partial charge in [-0.25, -0.2) is 4.98 Å². The van der Waals surface area contributed by atoms with Gasteiger partial charge in [-0.1, -0.05) is 41.9 Å². The minimum atomic E-state index is 0.638. The number of aromatic nitrogens is 3. The molecule has 0 bridgehead atoms. The Bertz CT molecular complexity index is 1080. The van der Waals surface area contributed by atoms with E-state index in [9.17, 15) is 0 Å². The maximum atomic E-state index is 6.36. The molecule has 0 saturated heterocycles. The third-order valence-corrected chi connectivity index (χ3v) is 4.92. The van der Waals surface area contributed by atoms with E-state index in [0.29, 0.717) is 11.6 Å². The summed E-state index contributed by atoms with van der Waals surface area (Å²) in [6, 6.07) is 17.4. The minimum absolute atomic E-state index is 0.638. The number of rotatable bonds is 4. The highest BCUT2D eigenvalue weighted by Crippen LogP contribution is 2.30. The molecule has 2 heterocycles. The van der Waals surface area contributed by atoms with Crippen LogP contribution in [0.25, 0.3) is 16.9 Å². The van der Waals surface area contributed by atoms with Crippen molar-refractivity contribution in [3.63, 3.8) is 0 Å². The van der Waals surface area contributed by atoms with Crippen molar-refractivity contribution in [1.82, 2.24) is 14.6 Å². The molecule has 0 fully saturated rings. The highest BCUT2D eigenvalue weighted by molar-refractivity contribution is 9.10. The lowest BCUT2D eigenvalue weighted by molar-refractivity contribution is 0.927. The second kappa shape index (κ2) is 6.97. The van der Waals surface area contributed by atoms with Crippen molar-refractivity contribution >= 4 is 44.7 Å². The summed E-state index contributed by atoms with van der Waals surface area (Å²) in [7, 11) is 0. The Labute approximate surface area is 163 Å². The molecule has 0 aliphatic carbocycles. The van der Waals surface area contributed by atoms with Gasteiger partial charge in [0.15, 0.2) is 5.65 Å². The van der Waals surface area contributed by atoms with Crippen LogP contribution in [0.1, 0.15) is 5.56 Å². The van der Waals surface area contributed by atoms with Crippen molar-refractivity contribution in [3.05, 3.63) is 75.9 Å². The van der Waals surface area contributed by atoms with Crippen LogP contribution in [-0.4, -0.2) is 14.6 Å². The standard InChI is InChI=1S/C19H15BrClN5/c20-15-11-24-26-18(23-10-12-5-7-13(22)8-6-12)9-17(25-19(15)26)14-3-1-2-4-16(14)21/h1-9,11,23H,10,22H2. The Hall–Kier alpha value is -2.57. The first-order chi connectivity index (χ1) is 12.6. The summed E-state index contributed by atoms with van der Waals surface area (Å²) in [6.07, 6.45) is 1.73. The molecule has 3 N–H and O–H groups in total. The van der Waals surface area contributed by atoms with Crippen LogP contribution in [0.4, 0.5) is 11.5 Å². The quantitative estimate of drug-likeness (QED) is 0.449. The summed E-state index contributed by atoms with van der Waals surface area (Å²) in [5.41, 5.74) is 10.00. The molecule has 2 aromatic carbocycles. The number of nitrogens with two attached hydrogens (primary N) is 1. The van der Waals surface area contributed by atoms with Gasteiger partial charge in [-0.3, -0.25) is 0 Å². The number of nitrogens with one attached hydrogen (secondary N) is 1. The summed E-state index contributed by atoms with van der Waals surface area (Å²) < 4.78 is 2.59. The normalized spacial score (nSPS) is 11.0. The fourth-order valence-electron chi connectivity index (χ4n) is 2.70. The van der Waals surface area contributed by atoms with E-state index in [2.05, 4.69) is 26.3 Å². The van der Waals surface area contributed by atoms with E-state index in [1.54, 1.807) is 10.7 Å². The number of benzene rings is 2. The number of nitrogens with zero attached hydrogens (tertiary/aromatic N) is 3. The van der Waals surface area contributed by atoms with E-state index in [4.69, 9.17) is 22.3 Å². The average molecular weight is 429 g/mol. The molecule has 2 aromatic heterocycles. The molecule has 0 saturated carbocycles. The average Bonchev–Trinajstić information content (AvgIpc) is 3.02. The van der Waals surface area contributed by atoms with E-state index in [1.807, 2.05) is 54.6 Å². The van der Waals surface area contributed by atoms with Crippen molar-refractivity contribution in [1.29, 1.82) is 0 Å². The van der Waals surface area contributed by atoms with Crippen LogP contribution in [0.5, 0.6) is 0 Å². The molecular weight excluding hydrogens is 414 g/mol. The molecule has 5 nitrogen and oxygen atoms in total. The van der Waals surface area contributed by atoms with Gasteiger partial charge in [0.2, 0.25) is 0 Å². The summed E-state index contributed by atoms with van der Waals surface area (Å²) in [6.45, 7) is 0.638. The van der Waals surface area contributed by atoms with Gasteiger partial charge in [-0.05, 0) is 39.7 Å². The number of hydrogen-bond donors (Lipinski definition) is 2. The van der Waals surface area contributed by atoms with E-state index in [0.717, 1.165) is 38.4 Å². The largest absolute Gasteiger partial charge is 0.399 e. The van der Waals surface area contributed by atoms with Crippen LogP contribution in [0, 0.1) is 0 Å². The zero-order valence-electron chi connectivity index (χ0n) is 13.7. The van der Waals surface area contributed by atoms with Crippen LogP contribution in [0.3, 0.4) is 0 Å². The Morgan fingerprint density at radius 1 is 1.12 bits per heavy atom. The number of halogens is 2. The highest BCUT2D eigenvalue weighted by atomic mass is 79.9. The molecule has 0 amide bonds. The highest BCUT2D eigenvalue weighted by Gasteiger charge is 2.13. The number of fused-ring (bicyclic) bond motifs is 1. The SMILES string of the molecule is Nc1ccc(CNc2cc(-c3ccccc3Cl)nc3c(Br)cnn23)cc1. The van der Waals surface area contributed by atoms with Gasteiger partial charge in [0.25, 0.3) is 0 Å². The molecule has 4 aromatic rings. The zero-order chi connectivity index (χ0) is 18.1. The Morgan fingerprint density at radius 3 is 2.65 bits per heavy atom. The van der Waals surface area contributed by atoms with Gasteiger partial charge in [0.1, 0.15) is 5.82 Å². The van der Waals surface area contributed by atoms with E-state index in [1.165, 1.54) is 0 Å². The molecule has 0 aliphatic heterocycles. The van der Waals surface area contributed by atoms with Crippen molar-refractivity contribution < 1.29 is 0 Å². The molecule has 4 rings (SSSR count). The molecule has 26 heavy (non-hydrogen) atoms. The summed E-state index contributed by atoms with van der Waals surface area (Å²) >= 11 is 9.87. The van der Waals surface area contributed by atoms with Crippen molar-refractivity contribution in [2.45, 2.75) is 6.54 Å². The maximum Gasteiger partial charge on any atom is 0.172 e. The van der Waals surface area contributed by atoms with Crippen LogP contribution in [-0.2, 0) is 6.54 Å². The van der Waals surface area contributed by atoms with Gasteiger partial charge in [-0.2, -0.15) is 9.61 Å². The second-order valence-corrected chi connectivity index (χ2v) is 7.09. The lowest BCUT2D eigenvalue weighted by Crippen LogP contribution is -2.07. The fourth-order valence-corrected chi connectivity index (χ4v) is 3.28. The minimum Gasteiger partial charge on any atom is -0.399 e. The third-order valence-electron chi connectivity index (χ3n) is 4.03. The van der Waals surface area contributed by atoms with Crippen LogP contribution < -0.4 is 11.1 Å². The Kier molecular flexibility index (Phi) is 4.53.